The number of nitrogens with one attached hydrogen (secondary N) is 1. The van der Waals surface area contributed by atoms with Crippen LogP contribution in [0.2, 0.25) is 0 Å². The average Bonchev–Trinajstić information content (AvgIpc) is 2.70. The zero-order chi connectivity index (χ0) is 20.7. The number of carbonyl (C=O) groups excluding carboxylic acids is 3. The van der Waals surface area contributed by atoms with Gasteiger partial charge in [0.2, 0.25) is 0 Å². The molecule has 0 radical (unpaired) electrons. The normalized spacial score (nSPS) is 10.1. The van der Waals surface area contributed by atoms with Crippen LogP contribution in [-0.4, -0.2) is 36.5 Å². The molecular formula is C19H18N2O7. The number of hydrogen-bond donors (Lipinski definition) is 1. The summed E-state index contributed by atoms with van der Waals surface area (Å²) >= 11 is 0. The maximum Gasteiger partial charge on any atom is 0.338 e. The summed E-state index contributed by atoms with van der Waals surface area (Å²) < 4.78 is 9.38. The van der Waals surface area contributed by atoms with Gasteiger partial charge in [0, 0.05) is 18.7 Å². The van der Waals surface area contributed by atoms with Crippen LogP contribution in [0.5, 0.6) is 0 Å². The van der Waals surface area contributed by atoms with Crippen LogP contribution in [0.1, 0.15) is 31.8 Å². The molecule has 9 heteroatoms. The average molecular weight is 386 g/mol. The number of amides is 1. The number of nitro benzene ring substituents is 1. The Bertz CT molecular complexity index is 907. The second kappa shape index (κ2) is 9.26. The lowest BCUT2D eigenvalue weighted by molar-refractivity contribution is -0.384. The summed E-state index contributed by atoms with van der Waals surface area (Å²) in [4.78, 5) is 45.8. The van der Waals surface area contributed by atoms with Gasteiger partial charge in [0.05, 0.1) is 23.2 Å². The van der Waals surface area contributed by atoms with Crippen molar-refractivity contribution in [2.24, 2.45) is 0 Å². The lowest BCUT2D eigenvalue weighted by Gasteiger charge is -2.08. The molecule has 0 aliphatic heterocycles. The molecule has 9 nitrogen and oxygen atoms in total. The highest BCUT2D eigenvalue weighted by molar-refractivity contribution is 5.97. The Kier molecular flexibility index (Phi) is 6.80. The molecule has 1 N–H and O–H groups in total. The molecular weight excluding hydrogens is 368 g/mol. The van der Waals surface area contributed by atoms with E-state index in [1.54, 1.807) is 0 Å². The van der Waals surface area contributed by atoms with Gasteiger partial charge in [-0.05, 0) is 18.6 Å². The zero-order valence-corrected chi connectivity index (χ0v) is 15.3. The van der Waals surface area contributed by atoms with Gasteiger partial charge >= 0.3 is 11.9 Å². The van der Waals surface area contributed by atoms with Crippen LogP contribution in [0, 0.1) is 17.0 Å². The number of aryl methyl sites for hydroxylation is 1. The molecule has 0 bridgehead atoms. The number of non-ortho nitro benzene ring substituents is 1. The van der Waals surface area contributed by atoms with Crippen molar-refractivity contribution in [3.05, 3.63) is 74.8 Å². The fraction of sp³-hybridized carbons (Fsp3) is 0.211. The second-order valence-corrected chi connectivity index (χ2v) is 5.86. The smallest absolute Gasteiger partial charge is 0.338 e. The molecule has 0 saturated carbocycles. The molecule has 0 aliphatic rings. The highest BCUT2D eigenvalue weighted by Gasteiger charge is 2.19. The van der Waals surface area contributed by atoms with Gasteiger partial charge in [-0.25, -0.2) is 9.59 Å². The van der Waals surface area contributed by atoms with Crippen LogP contribution in [0.25, 0.3) is 0 Å². The Morgan fingerprint density at radius 3 is 2.21 bits per heavy atom. The third-order valence-electron chi connectivity index (χ3n) is 3.73. The monoisotopic (exact) mass is 386 g/mol. The molecule has 2 aromatic rings. The van der Waals surface area contributed by atoms with E-state index in [2.05, 4.69) is 10.1 Å². The van der Waals surface area contributed by atoms with Gasteiger partial charge in [-0.3, -0.25) is 14.9 Å². The van der Waals surface area contributed by atoms with Gasteiger partial charge < -0.3 is 14.8 Å². The lowest BCUT2D eigenvalue weighted by Crippen LogP contribution is -2.28. The summed E-state index contributed by atoms with van der Waals surface area (Å²) in [5.41, 5.74) is 1.09. The fourth-order valence-electron chi connectivity index (χ4n) is 2.24. The molecule has 28 heavy (non-hydrogen) atoms. The lowest BCUT2D eigenvalue weighted by atomic mass is 10.1. The number of hydrogen-bond acceptors (Lipinski definition) is 7. The van der Waals surface area contributed by atoms with E-state index in [1.165, 1.54) is 0 Å². The van der Waals surface area contributed by atoms with E-state index < -0.39 is 35.1 Å². The molecule has 2 rings (SSSR count). The first-order valence-corrected chi connectivity index (χ1v) is 8.17. The van der Waals surface area contributed by atoms with Gasteiger partial charge in [0.15, 0.2) is 6.61 Å². The number of esters is 2. The topological polar surface area (TPSA) is 125 Å². The summed E-state index contributed by atoms with van der Waals surface area (Å²) in [6.45, 7) is 1.64. The summed E-state index contributed by atoms with van der Waals surface area (Å²) in [6.07, 6.45) is 0. The van der Waals surface area contributed by atoms with Crippen molar-refractivity contribution >= 4 is 23.5 Å². The van der Waals surface area contributed by atoms with E-state index >= 15 is 0 Å². The van der Waals surface area contributed by atoms with E-state index in [0.717, 1.165) is 36.4 Å². The van der Waals surface area contributed by atoms with E-state index in [9.17, 15) is 24.5 Å². The van der Waals surface area contributed by atoms with E-state index in [4.69, 9.17) is 4.74 Å². The maximum atomic E-state index is 12.1. The van der Waals surface area contributed by atoms with Crippen molar-refractivity contribution in [1.29, 1.82) is 0 Å². The Balaban J connectivity index is 1.98. The quantitative estimate of drug-likeness (QED) is 0.439. The summed E-state index contributed by atoms with van der Waals surface area (Å²) in [6, 6.07) is 10.6. The molecule has 146 valence electrons. The highest BCUT2D eigenvalue weighted by Crippen LogP contribution is 2.19. The zero-order valence-electron chi connectivity index (χ0n) is 15.3. The van der Waals surface area contributed by atoms with Crippen molar-refractivity contribution in [3.8, 4) is 0 Å². The van der Waals surface area contributed by atoms with Crippen molar-refractivity contribution in [1.82, 2.24) is 5.32 Å². The third kappa shape index (κ3) is 5.63. The minimum atomic E-state index is -0.973. The molecule has 0 fully saturated rings. The second-order valence-electron chi connectivity index (χ2n) is 5.86. The van der Waals surface area contributed by atoms with Crippen LogP contribution in [0.3, 0.4) is 0 Å². The first kappa shape index (κ1) is 20.6. The van der Waals surface area contributed by atoms with E-state index in [-0.39, 0.29) is 17.7 Å². The first-order chi connectivity index (χ1) is 13.3. The Labute approximate surface area is 160 Å². The first-order valence-electron chi connectivity index (χ1n) is 8.17. The number of nitrogens with zero attached hydrogens (tertiary/aromatic N) is 1. The number of rotatable bonds is 7. The van der Waals surface area contributed by atoms with E-state index in [0.29, 0.717) is 0 Å². The van der Waals surface area contributed by atoms with Crippen molar-refractivity contribution in [2.75, 3.05) is 13.7 Å². The van der Waals surface area contributed by atoms with Crippen LogP contribution in [0.15, 0.2) is 42.5 Å². The van der Waals surface area contributed by atoms with Crippen molar-refractivity contribution < 1.29 is 28.8 Å². The van der Waals surface area contributed by atoms with Crippen LogP contribution in [-0.2, 0) is 20.8 Å². The highest BCUT2D eigenvalue weighted by atomic mass is 16.6. The van der Waals surface area contributed by atoms with Crippen molar-refractivity contribution in [3.63, 3.8) is 0 Å². The number of benzene rings is 2. The van der Waals surface area contributed by atoms with Gasteiger partial charge in [-0.1, -0.05) is 29.8 Å². The summed E-state index contributed by atoms with van der Waals surface area (Å²) in [5.74, 6) is -2.35. The van der Waals surface area contributed by atoms with Gasteiger partial charge in [0.1, 0.15) is 0 Å². The molecule has 0 saturated heterocycles. The van der Waals surface area contributed by atoms with Gasteiger partial charge in [-0.15, -0.1) is 0 Å². The standard InChI is InChI=1S/C19H18N2O7/c1-12-3-5-13(6-4-12)10-20-17(22)11-28-19(24)15-7-14(18(23)27-2)8-16(9-15)21(25)26/h3-9H,10-11H2,1-2H3,(H,20,22). The summed E-state index contributed by atoms with van der Waals surface area (Å²) in [7, 11) is 1.11. The van der Waals surface area contributed by atoms with Crippen LogP contribution >= 0.6 is 0 Å². The van der Waals surface area contributed by atoms with Gasteiger partial charge in [-0.2, -0.15) is 0 Å². The van der Waals surface area contributed by atoms with E-state index in [1.807, 2.05) is 31.2 Å². The maximum absolute atomic E-state index is 12.1. The van der Waals surface area contributed by atoms with Gasteiger partial charge in [0.25, 0.3) is 11.6 Å². The van der Waals surface area contributed by atoms with Crippen LogP contribution in [0.4, 0.5) is 5.69 Å². The Hall–Kier alpha value is -3.75. The molecule has 0 aliphatic carbocycles. The fourth-order valence-corrected chi connectivity index (χ4v) is 2.24. The number of ether oxygens (including phenoxy) is 2. The Morgan fingerprint density at radius 2 is 1.64 bits per heavy atom. The summed E-state index contributed by atoms with van der Waals surface area (Å²) in [5, 5.41) is 13.6. The SMILES string of the molecule is COC(=O)c1cc(C(=O)OCC(=O)NCc2ccc(C)cc2)cc([N+](=O)[O-])c1. The minimum absolute atomic E-state index is 0.174. The third-order valence-corrected chi connectivity index (χ3v) is 3.73. The largest absolute Gasteiger partial charge is 0.465 e. The molecule has 0 atom stereocenters. The molecule has 0 aromatic heterocycles. The number of methoxy groups -OCH3 is 1. The predicted octanol–water partition coefficient (Wildman–Crippen LogP) is 2.16. The molecule has 0 heterocycles. The Morgan fingerprint density at radius 1 is 1.04 bits per heavy atom. The molecule has 2 aromatic carbocycles. The molecule has 0 spiro atoms. The minimum Gasteiger partial charge on any atom is -0.465 e. The predicted molar refractivity (Wildman–Crippen MR) is 97.7 cm³/mol. The van der Waals surface area contributed by atoms with Crippen molar-refractivity contribution in [2.45, 2.75) is 13.5 Å². The number of nitro groups is 1. The molecule has 0 unspecified atom stereocenters. The number of carbonyl (C=O) groups is 3. The van der Waals surface area contributed by atoms with Crippen LogP contribution < -0.4 is 5.32 Å². The molecule has 1 amide bonds.